The van der Waals surface area contributed by atoms with Gasteiger partial charge in [-0.3, -0.25) is 14.4 Å². The van der Waals surface area contributed by atoms with E-state index in [0.717, 1.165) is 69.6 Å². The molecule has 75 heavy (non-hydrogen) atoms. The number of carbonyl (C=O) groups is 2. The molecule has 1 fully saturated rings. The van der Waals surface area contributed by atoms with Crippen LogP contribution in [0.3, 0.4) is 0 Å². The number of nitrogens with two attached hydrogens (primary N) is 2. The minimum atomic E-state index is -4.00. The van der Waals surface area contributed by atoms with Crippen molar-refractivity contribution in [2.45, 2.75) is 83.7 Å². The number of H-pyrrole nitrogens is 1. The van der Waals surface area contributed by atoms with Crippen molar-refractivity contribution in [1.82, 2.24) is 19.2 Å². The average Bonchev–Trinajstić information content (AvgIpc) is 4.21. The van der Waals surface area contributed by atoms with Crippen LogP contribution in [0, 0.1) is 11.8 Å². The maximum absolute atomic E-state index is 12.8. The van der Waals surface area contributed by atoms with E-state index in [1.807, 2.05) is 36.7 Å². The maximum atomic E-state index is 12.8. The van der Waals surface area contributed by atoms with Crippen LogP contribution in [0.1, 0.15) is 87.1 Å². The molecule has 1 aliphatic rings. The van der Waals surface area contributed by atoms with Crippen LogP contribution in [0.15, 0.2) is 147 Å². The number of hydrogen-bond donors (Lipinski definition) is 3. The number of ketones is 1. The van der Waals surface area contributed by atoms with Gasteiger partial charge in [0, 0.05) is 110 Å². The molecule has 0 radical (unpaired) electrons. The highest BCUT2D eigenvalue weighted by molar-refractivity contribution is 9.10. The third-order valence-electron chi connectivity index (χ3n) is 11.5. The van der Waals surface area contributed by atoms with Gasteiger partial charge in [-0.15, -0.1) is 0 Å². The molecule has 0 unspecified atom stereocenters. The highest BCUT2D eigenvalue weighted by Gasteiger charge is 2.20. The molecule has 5 N–H and O–H groups in total. The number of aryl methyl sites for hydroxylation is 2. The molecule has 0 saturated carbocycles. The number of fused-ring (bicyclic) bond motifs is 3. The van der Waals surface area contributed by atoms with Gasteiger partial charge in [0.25, 0.3) is 5.91 Å². The molecule has 9 rings (SSSR count). The number of benzene rings is 5. The van der Waals surface area contributed by atoms with Crippen LogP contribution < -0.4 is 10.3 Å². The predicted molar refractivity (Wildman–Crippen MR) is 311 cm³/mol. The summed E-state index contributed by atoms with van der Waals surface area (Å²) in [6.07, 6.45) is 11.0. The minimum Gasteiger partial charge on any atom is -0.381 e. The Morgan fingerprint density at radius 2 is 1.12 bits per heavy atom. The number of carbonyl (C=O) groups excluding carboxylic acids is 2. The van der Waals surface area contributed by atoms with Gasteiger partial charge in [0.15, 0.2) is 5.78 Å². The summed E-state index contributed by atoms with van der Waals surface area (Å²) in [7, 11) is -5.26. The van der Waals surface area contributed by atoms with Crippen molar-refractivity contribution in [3.05, 3.63) is 163 Å². The zero-order valence-corrected chi connectivity index (χ0v) is 48.3. The lowest BCUT2D eigenvalue weighted by Gasteiger charge is -2.14. The average molecular weight is 1230 g/mol. The number of aromatic nitrogens is 3. The lowest BCUT2D eigenvalue weighted by molar-refractivity contribution is -0.0757. The summed E-state index contributed by atoms with van der Waals surface area (Å²) in [5, 5.41) is 14.6. The van der Waals surface area contributed by atoms with Gasteiger partial charge in [0.05, 0.1) is 17.2 Å². The molecular weight excluding hydrogens is 1170 g/mol. The van der Waals surface area contributed by atoms with Crippen LogP contribution in [-0.4, -0.2) is 75.1 Å². The molecule has 0 bridgehead atoms. The lowest BCUT2D eigenvalue weighted by Crippen LogP contribution is -2.25. The molecular formula is C55H66Br2Cl2N6O8S2. The van der Waals surface area contributed by atoms with E-state index in [1.165, 1.54) is 85.6 Å². The third-order valence-corrected chi connectivity index (χ3v) is 15.3. The van der Waals surface area contributed by atoms with Crippen molar-refractivity contribution in [3.63, 3.8) is 0 Å². The number of hydroxylamine groups is 2. The number of primary sulfonamides is 2. The second-order valence-corrected chi connectivity index (χ2v) is 23.8. The first-order valence-electron chi connectivity index (χ1n) is 23.6. The highest BCUT2D eigenvalue weighted by atomic mass is 79.9. The smallest absolute Gasteiger partial charge is 0.277 e. The van der Waals surface area contributed by atoms with E-state index >= 15 is 0 Å². The Hall–Kier alpha value is -4.86. The first kappa shape index (κ1) is 62.7. The summed E-state index contributed by atoms with van der Waals surface area (Å²) in [4.78, 5) is 31.8. The molecule has 8 aromatic rings. The topological polar surface area (TPSA) is 202 Å². The Balaban J connectivity index is 0.000000219. The molecule has 0 spiro atoms. The summed E-state index contributed by atoms with van der Waals surface area (Å²) < 4.78 is 57.4. The molecule has 0 aliphatic carbocycles. The van der Waals surface area contributed by atoms with Crippen molar-refractivity contribution in [1.29, 1.82) is 0 Å². The molecule has 5 aromatic carbocycles. The zero-order chi connectivity index (χ0) is 54.3. The number of halogens is 4. The van der Waals surface area contributed by atoms with Crippen molar-refractivity contribution in [3.8, 4) is 0 Å². The van der Waals surface area contributed by atoms with Crippen LogP contribution in [0.2, 0.25) is 10.0 Å². The normalized spacial score (nSPS) is 12.2. The Labute approximate surface area is 468 Å². The van der Waals surface area contributed by atoms with Gasteiger partial charge in [-0.1, -0.05) is 90.2 Å². The van der Waals surface area contributed by atoms with E-state index in [4.69, 9.17) is 43.1 Å². The summed E-state index contributed by atoms with van der Waals surface area (Å²) >= 11 is 18.5. The molecule has 4 heterocycles. The van der Waals surface area contributed by atoms with E-state index in [-0.39, 0.29) is 44.2 Å². The number of aromatic amines is 1. The fourth-order valence-corrected chi connectivity index (χ4v) is 10.3. The van der Waals surface area contributed by atoms with Crippen LogP contribution >= 0.6 is 55.1 Å². The molecule has 1 saturated heterocycles. The van der Waals surface area contributed by atoms with Gasteiger partial charge >= 0.3 is 0 Å². The van der Waals surface area contributed by atoms with E-state index < -0.39 is 26.0 Å². The quantitative estimate of drug-likeness (QED) is 0.0792. The molecule has 1 amide bonds. The third kappa shape index (κ3) is 18.7. The SMILES string of the molecule is Brc1ccc2[nH]ccc2c1.C.C1CCOC1.CC(C)CCn1ccc2cc(Br)ccc21.CC(C)CCn1ccc2cc(C(=O)c3ccc(Cl)c(S(N)(=O)=O)c3)ccc21.CON(C)C(=O)c1ccc(Cl)c(S(N)(=O)=O)c1. The molecule has 20 heteroatoms. The Morgan fingerprint density at radius 3 is 1.61 bits per heavy atom. The van der Waals surface area contributed by atoms with Gasteiger partial charge in [0.2, 0.25) is 20.0 Å². The van der Waals surface area contributed by atoms with E-state index in [9.17, 15) is 26.4 Å². The number of ether oxygens (including phenoxy) is 1. The van der Waals surface area contributed by atoms with Crippen molar-refractivity contribution >= 4 is 120 Å². The van der Waals surface area contributed by atoms with E-state index in [1.54, 1.807) is 6.07 Å². The van der Waals surface area contributed by atoms with E-state index in [0.29, 0.717) is 11.5 Å². The maximum Gasteiger partial charge on any atom is 0.277 e. The monoisotopic (exact) mass is 1230 g/mol. The first-order chi connectivity index (χ1) is 35.0. The largest absolute Gasteiger partial charge is 0.381 e. The number of amides is 1. The second-order valence-electron chi connectivity index (χ2n) is 18.1. The van der Waals surface area contributed by atoms with Gasteiger partial charge < -0.3 is 18.9 Å². The standard InChI is InChI=1S/C20H21ClN2O3S.C13H16BrN.C9H11ClN2O4S.C8H6BrN.C4H8O.CH4/c1-13(2)7-9-23-10-8-14-11-15(4-6-18(14)23)20(24)16-3-5-17(21)19(12-16)27(22,25)26;1-10(2)5-7-15-8-6-11-9-12(14)3-4-13(11)15;1-12(16-2)9(13)6-3-4-7(10)8(5-6)17(11,14)15;9-7-1-2-8-6(5-7)3-4-10-8;1-2-4-5-3-1;/h3-6,8,10-13H,7,9H2,1-2H3,(H2,22,25,26);3-4,6,8-10H,5,7H2,1-2H3;3-5H,1-2H3,(H2,11,14,15);1-5,10H;1-4H2;1H4. The Kier molecular flexibility index (Phi) is 24.3. The summed E-state index contributed by atoms with van der Waals surface area (Å²) in [5.41, 5.74) is 4.40. The van der Waals surface area contributed by atoms with Gasteiger partial charge in [-0.2, -0.15) is 0 Å². The summed E-state index contributed by atoms with van der Waals surface area (Å²) in [5.74, 6) is 0.585. The number of nitrogens with one attached hydrogen (secondary N) is 1. The lowest BCUT2D eigenvalue weighted by atomic mass is 10.0. The fourth-order valence-electron chi connectivity index (χ4n) is 7.38. The molecule has 404 valence electrons. The van der Waals surface area contributed by atoms with Crippen LogP contribution in [0.4, 0.5) is 0 Å². The minimum absolute atomic E-state index is 0. The summed E-state index contributed by atoms with van der Waals surface area (Å²) in [6, 6.07) is 32.2. The number of nitrogens with zero attached hydrogens (tertiary/aromatic N) is 3. The van der Waals surface area contributed by atoms with E-state index in [2.05, 4.69) is 122 Å². The molecule has 14 nitrogen and oxygen atoms in total. The number of sulfonamides is 2. The van der Waals surface area contributed by atoms with Crippen molar-refractivity contribution in [2.75, 3.05) is 27.4 Å². The fraction of sp³-hybridized carbons (Fsp3) is 0.309. The summed E-state index contributed by atoms with van der Waals surface area (Å²) in [6.45, 7) is 12.9. The Morgan fingerprint density at radius 1 is 0.667 bits per heavy atom. The first-order valence-corrected chi connectivity index (χ1v) is 29.1. The second kappa shape index (κ2) is 29.0. The van der Waals surface area contributed by atoms with Crippen LogP contribution in [-0.2, 0) is 42.7 Å². The number of hydrogen-bond acceptors (Lipinski definition) is 8. The molecule has 1 aliphatic heterocycles. The van der Waals surface area contributed by atoms with Gasteiger partial charge in [-0.05, 0) is 147 Å². The van der Waals surface area contributed by atoms with Gasteiger partial charge in [0.1, 0.15) is 9.79 Å². The van der Waals surface area contributed by atoms with Crippen LogP contribution in [0.25, 0.3) is 32.7 Å². The zero-order valence-electron chi connectivity index (χ0n) is 42.0. The molecule has 0 atom stereocenters. The molecule has 3 aromatic heterocycles. The Bertz CT molecular complexity index is 3400. The van der Waals surface area contributed by atoms with Crippen molar-refractivity contribution in [2.24, 2.45) is 22.1 Å². The predicted octanol–water partition coefficient (Wildman–Crippen LogP) is 13.7. The van der Waals surface area contributed by atoms with Gasteiger partial charge in [-0.25, -0.2) is 32.2 Å². The van der Waals surface area contributed by atoms with Crippen molar-refractivity contribution < 1.29 is 36.0 Å². The van der Waals surface area contributed by atoms with Crippen LogP contribution in [0.5, 0.6) is 0 Å². The highest BCUT2D eigenvalue weighted by Crippen LogP contribution is 2.27. The number of rotatable bonds is 12.